The Morgan fingerprint density at radius 3 is 2.33 bits per heavy atom. The molecule has 0 spiro atoms. The van der Waals surface area contributed by atoms with E-state index in [0.717, 1.165) is 14.2 Å². The van der Waals surface area contributed by atoms with Crippen LogP contribution in [-0.4, -0.2) is 25.3 Å². The number of hydrogen-bond acceptors (Lipinski definition) is 5. The van der Waals surface area contributed by atoms with Crippen LogP contribution in [0.2, 0.25) is 0 Å². The molecular formula is C4H8Cl2NO4P. The van der Waals surface area contributed by atoms with Crippen molar-refractivity contribution in [3.05, 3.63) is 0 Å². The summed E-state index contributed by atoms with van der Waals surface area (Å²) >= 11 is 10.6. The average molecular weight is 236 g/mol. The number of hydrogen-bond donors (Lipinski definition) is 0. The van der Waals surface area contributed by atoms with Crippen molar-refractivity contribution in [2.45, 2.75) is 0 Å². The van der Waals surface area contributed by atoms with Crippen LogP contribution in [0.3, 0.4) is 0 Å². The topological polar surface area (TPSA) is 57.1 Å². The van der Waals surface area contributed by atoms with Gasteiger partial charge in [-0.25, -0.2) is 4.57 Å². The van der Waals surface area contributed by atoms with E-state index in [1.54, 1.807) is 0 Å². The third kappa shape index (κ3) is 4.28. The van der Waals surface area contributed by atoms with Crippen molar-refractivity contribution in [3.8, 4) is 0 Å². The summed E-state index contributed by atoms with van der Waals surface area (Å²) < 4.78 is 24.2. The smallest absolute Gasteiger partial charge is 0.291 e. The van der Waals surface area contributed by atoms with E-state index in [9.17, 15) is 4.57 Å². The van der Waals surface area contributed by atoms with E-state index in [-0.39, 0.29) is 11.1 Å². The van der Waals surface area contributed by atoms with Gasteiger partial charge in [-0.05, 0) is 0 Å². The normalized spacial score (nSPS) is 13.2. The molecule has 0 aliphatic rings. The van der Waals surface area contributed by atoms with E-state index < -0.39 is 7.82 Å². The molecule has 0 heterocycles. The Morgan fingerprint density at radius 1 is 1.50 bits per heavy atom. The largest absolute Gasteiger partial charge is 0.549 e. The van der Waals surface area contributed by atoms with Crippen LogP contribution in [0.4, 0.5) is 0 Å². The Morgan fingerprint density at radius 2 is 2.00 bits per heavy atom. The molecule has 0 aromatic heterocycles. The third-order valence-electron chi connectivity index (χ3n) is 0.797. The monoisotopic (exact) mass is 235 g/mol. The van der Waals surface area contributed by atoms with Crippen LogP contribution in [0.25, 0.3) is 0 Å². The molecular weight excluding hydrogens is 228 g/mol. The summed E-state index contributed by atoms with van der Waals surface area (Å²) in [6, 6.07) is 0. The van der Waals surface area contributed by atoms with Crippen LogP contribution in [0.15, 0.2) is 5.16 Å². The number of phosphoric acid groups is 1. The van der Waals surface area contributed by atoms with Crippen LogP contribution < -0.4 is 0 Å². The Balaban J connectivity index is 4.14. The molecule has 0 unspecified atom stereocenters. The zero-order chi connectivity index (χ0) is 9.61. The van der Waals surface area contributed by atoms with Crippen molar-refractivity contribution in [2.75, 3.05) is 20.1 Å². The van der Waals surface area contributed by atoms with Crippen LogP contribution in [0.1, 0.15) is 0 Å². The fourth-order valence-electron chi connectivity index (χ4n) is 0.260. The Kier molecular flexibility index (Phi) is 5.88. The standard InChI is InChI=1S/C4H8Cl2NO4P/c1-9-12(8,10-2)11-7-4(6)3-5/h3H2,1-2H3/b7-4-. The lowest BCUT2D eigenvalue weighted by Crippen LogP contribution is -1.94. The average Bonchev–Trinajstić information content (AvgIpc) is 2.13. The zero-order valence-corrected chi connectivity index (χ0v) is 8.90. The summed E-state index contributed by atoms with van der Waals surface area (Å²) in [5.74, 6) is -0.0328. The summed E-state index contributed by atoms with van der Waals surface area (Å²) in [5.41, 5.74) is 0. The minimum Gasteiger partial charge on any atom is -0.291 e. The first-order valence-electron chi connectivity index (χ1n) is 2.76. The number of oxime groups is 1. The molecule has 5 nitrogen and oxygen atoms in total. The van der Waals surface area contributed by atoms with Crippen LogP contribution in [-0.2, 0) is 18.2 Å². The van der Waals surface area contributed by atoms with E-state index in [1.165, 1.54) is 0 Å². The van der Waals surface area contributed by atoms with Gasteiger partial charge in [-0.15, -0.1) is 11.6 Å². The first kappa shape index (κ1) is 12.2. The van der Waals surface area contributed by atoms with Gasteiger partial charge in [0.15, 0.2) is 5.17 Å². The predicted molar refractivity (Wildman–Crippen MR) is 46.7 cm³/mol. The summed E-state index contributed by atoms with van der Waals surface area (Å²) in [5, 5.41) is 3.16. The number of phosphoric ester groups is 1. The van der Waals surface area contributed by atoms with Gasteiger partial charge in [-0.3, -0.25) is 13.7 Å². The highest BCUT2D eigenvalue weighted by molar-refractivity contribution is 7.48. The van der Waals surface area contributed by atoms with Crippen molar-refractivity contribution in [3.63, 3.8) is 0 Å². The van der Waals surface area contributed by atoms with Gasteiger partial charge in [-0.1, -0.05) is 16.8 Å². The molecule has 0 N–H and O–H groups in total. The molecule has 0 aliphatic heterocycles. The van der Waals surface area contributed by atoms with Crippen LogP contribution in [0, 0.1) is 0 Å². The molecule has 0 aromatic carbocycles. The highest BCUT2D eigenvalue weighted by Crippen LogP contribution is 2.47. The quantitative estimate of drug-likeness (QED) is 0.317. The molecule has 0 amide bonds. The number of halogens is 2. The van der Waals surface area contributed by atoms with Gasteiger partial charge in [0.2, 0.25) is 0 Å². The maximum absolute atomic E-state index is 11.1. The molecule has 12 heavy (non-hydrogen) atoms. The van der Waals surface area contributed by atoms with Gasteiger partial charge < -0.3 is 0 Å². The van der Waals surface area contributed by atoms with Gasteiger partial charge in [0.25, 0.3) is 0 Å². The maximum Gasteiger partial charge on any atom is 0.549 e. The minimum atomic E-state index is -3.58. The highest BCUT2D eigenvalue weighted by atomic mass is 35.5. The molecule has 0 rings (SSSR count). The Labute approximate surface area is 80.2 Å². The summed E-state index contributed by atoms with van der Waals surface area (Å²) in [6.45, 7) is 0. The number of alkyl halides is 1. The van der Waals surface area contributed by atoms with Crippen LogP contribution >= 0.6 is 31.0 Å². The molecule has 0 aromatic rings. The van der Waals surface area contributed by atoms with Crippen molar-refractivity contribution < 1.29 is 18.2 Å². The van der Waals surface area contributed by atoms with Crippen molar-refractivity contribution in [2.24, 2.45) is 5.16 Å². The lowest BCUT2D eigenvalue weighted by Gasteiger charge is -2.08. The molecule has 0 saturated carbocycles. The lowest BCUT2D eigenvalue weighted by molar-refractivity contribution is 0.157. The van der Waals surface area contributed by atoms with Gasteiger partial charge in [0, 0.05) is 14.2 Å². The zero-order valence-electron chi connectivity index (χ0n) is 6.49. The fraction of sp³-hybridized carbons (Fsp3) is 0.750. The summed E-state index contributed by atoms with van der Waals surface area (Å²) in [7, 11) is -1.26. The Hall–Kier alpha value is 0.200. The lowest BCUT2D eigenvalue weighted by atomic mass is 10.9. The highest BCUT2D eigenvalue weighted by Gasteiger charge is 2.24. The first-order chi connectivity index (χ1) is 5.58. The van der Waals surface area contributed by atoms with Gasteiger partial charge in [0.1, 0.15) is 0 Å². The van der Waals surface area contributed by atoms with Crippen LogP contribution in [0.5, 0.6) is 0 Å². The molecule has 0 saturated heterocycles. The van der Waals surface area contributed by atoms with Crippen molar-refractivity contribution in [1.29, 1.82) is 0 Å². The van der Waals surface area contributed by atoms with Gasteiger partial charge in [-0.2, -0.15) is 0 Å². The van der Waals surface area contributed by atoms with E-state index >= 15 is 0 Å². The molecule has 0 aliphatic carbocycles. The van der Waals surface area contributed by atoms with E-state index in [2.05, 4.69) is 18.8 Å². The summed E-state index contributed by atoms with van der Waals surface area (Å²) in [4.78, 5) is 0. The van der Waals surface area contributed by atoms with E-state index in [4.69, 9.17) is 23.2 Å². The van der Waals surface area contributed by atoms with Crippen molar-refractivity contribution >= 4 is 36.2 Å². The molecule has 0 fully saturated rings. The SMILES string of the molecule is COP(=O)(OC)O/N=C(\Cl)CCl. The Bertz CT molecular complexity index is 201. The number of nitrogens with zero attached hydrogens (tertiary/aromatic N) is 1. The second-order valence-electron chi connectivity index (χ2n) is 1.50. The van der Waals surface area contributed by atoms with E-state index in [1.807, 2.05) is 0 Å². The second-order valence-corrected chi connectivity index (χ2v) is 3.99. The number of rotatable bonds is 5. The summed E-state index contributed by atoms with van der Waals surface area (Å²) in [6.07, 6.45) is 0. The predicted octanol–water partition coefficient (Wildman–Crippen LogP) is 2.20. The molecule has 72 valence electrons. The van der Waals surface area contributed by atoms with Gasteiger partial charge >= 0.3 is 7.82 Å². The van der Waals surface area contributed by atoms with Gasteiger partial charge in [0.05, 0.1) is 5.88 Å². The second kappa shape index (κ2) is 5.78. The third-order valence-corrected chi connectivity index (χ3v) is 2.57. The maximum atomic E-state index is 11.1. The molecule has 0 radical (unpaired) electrons. The van der Waals surface area contributed by atoms with Crippen molar-refractivity contribution in [1.82, 2.24) is 0 Å². The molecule has 8 heteroatoms. The van der Waals surface area contributed by atoms with E-state index in [0.29, 0.717) is 0 Å². The minimum absolute atomic E-state index is 0.0328. The first-order valence-corrected chi connectivity index (χ1v) is 5.14. The molecule has 0 atom stereocenters. The fourth-order valence-corrected chi connectivity index (χ4v) is 0.872. The molecule has 0 bridgehead atoms.